The van der Waals surface area contributed by atoms with Gasteiger partial charge in [-0.05, 0) is 19.4 Å². The van der Waals surface area contributed by atoms with Crippen LogP contribution in [0.3, 0.4) is 0 Å². The molecule has 1 heterocycles. The topological polar surface area (TPSA) is 40.0 Å². The number of nitrogens with zero attached hydrogens (tertiary/aromatic N) is 1. The molecule has 0 spiro atoms. The minimum atomic E-state index is -0.375. The molecule has 0 saturated heterocycles. The van der Waals surface area contributed by atoms with Gasteiger partial charge in [-0.25, -0.2) is 0 Å². The van der Waals surface area contributed by atoms with E-state index in [1.807, 2.05) is 19.1 Å². The molecule has 0 amide bonds. The molecule has 1 atom stereocenters. The van der Waals surface area contributed by atoms with Crippen molar-refractivity contribution >= 4 is 28.4 Å². The summed E-state index contributed by atoms with van der Waals surface area (Å²) in [6, 6.07) is 5.95. The van der Waals surface area contributed by atoms with E-state index < -0.39 is 0 Å². The predicted octanol–water partition coefficient (Wildman–Crippen LogP) is 4.45. The largest absolute Gasteiger partial charge is 0.493 e. The van der Waals surface area contributed by atoms with Crippen molar-refractivity contribution in [2.45, 2.75) is 38.0 Å². The summed E-state index contributed by atoms with van der Waals surface area (Å²) in [4.78, 5) is 5.41. The zero-order valence-electron chi connectivity index (χ0n) is 13.2. The van der Waals surface area contributed by atoms with Crippen molar-refractivity contribution in [3.8, 4) is 11.5 Å². The van der Waals surface area contributed by atoms with E-state index in [4.69, 9.17) is 25.9 Å². The van der Waals surface area contributed by atoms with Crippen molar-refractivity contribution in [2.24, 2.45) is 5.16 Å². The van der Waals surface area contributed by atoms with Crippen LogP contribution < -0.4 is 9.47 Å². The van der Waals surface area contributed by atoms with Crippen LogP contribution in [0.2, 0.25) is 0 Å². The third kappa shape index (κ3) is 4.23. The highest BCUT2D eigenvalue weighted by Gasteiger charge is 2.33. The first-order valence-corrected chi connectivity index (χ1v) is 8.86. The number of alkyl halides is 1. The fourth-order valence-electron chi connectivity index (χ4n) is 2.06. The maximum atomic E-state index is 5.91. The van der Waals surface area contributed by atoms with Crippen LogP contribution in [-0.2, 0) is 10.6 Å². The fourth-order valence-corrected chi connectivity index (χ4v) is 3.25. The first-order valence-electron chi connectivity index (χ1n) is 7.34. The van der Waals surface area contributed by atoms with Gasteiger partial charge in [-0.15, -0.1) is 23.4 Å². The quantitative estimate of drug-likeness (QED) is 0.686. The molecule has 4 nitrogen and oxygen atoms in total. The molecule has 122 valence electrons. The lowest BCUT2D eigenvalue weighted by Gasteiger charge is -2.17. The molecule has 0 radical (unpaired) electrons. The van der Waals surface area contributed by atoms with E-state index in [2.05, 4.69) is 18.1 Å². The number of para-hydroxylation sites is 1. The van der Waals surface area contributed by atoms with Crippen molar-refractivity contribution in [2.75, 3.05) is 19.6 Å². The third-order valence-electron chi connectivity index (χ3n) is 3.30. The summed E-state index contributed by atoms with van der Waals surface area (Å²) in [5.74, 6) is 2.78. The maximum Gasteiger partial charge on any atom is 0.165 e. The lowest BCUT2D eigenvalue weighted by atomic mass is 10.1. The molecule has 1 unspecified atom stereocenters. The van der Waals surface area contributed by atoms with E-state index >= 15 is 0 Å². The van der Waals surface area contributed by atoms with Gasteiger partial charge in [0.15, 0.2) is 17.1 Å². The number of thioether (sulfide) groups is 1. The fraction of sp³-hybridized carbons (Fsp3) is 0.562. The van der Waals surface area contributed by atoms with Gasteiger partial charge >= 0.3 is 0 Å². The van der Waals surface area contributed by atoms with Gasteiger partial charge in [0.2, 0.25) is 0 Å². The Morgan fingerprint density at radius 3 is 2.91 bits per heavy atom. The number of halogens is 1. The Kier molecular flexibility index (Phi) is 6.26. The molecule has 22 heavy (non-hydrogen) atoms. The molecular formula is C16H22ClNO3S. The third-order valence-corrected chi connectivity index (χ3v) is 4.87. The highest BCUT2D eigenvalue weighted by molar-refractivity contribution is 8.13. The standard InChI is InChI=1S/C16H22ClNO3S/c1-4-8-20-15-12(6-5-7-13(15)19-3)10-22-14-9-16(2,11-17)21-18-14/h5-7H,4,8-11H2,1-3H3. The lowest BCUT2D eigenvalue weighted by molar-refractivity contribution is 0.0152. The van der Waals surface area contributed by atoms with E-state index in [1.54, 1.807) is 18.9 Å². The van der Waals surface area contributed by atoms with Crippen LogP contribution in [0.4, 0.5) is 0 Å². The van der Waals surface area contributed by atoms with Gasteiger partial charge in [-0.1, -0.05) is 24.2 Å². The van der Waals surface area contributed by atoms with Gasteiger partial charge in [-0.2, -0.15) is 0 Å². The van der Waals surface area contributed by atoms with Crippen LogP contribution in [0, 0.1) is 0 Å². The van der Waals surface area contributed by atoms with Gasteiger partial charge in [0.05, 0.1) is 19.6 Å². The van der Waals surface area contributed by atoms with Gasteiger partial charge in [-0.3, -0.25) is 0 Å². The average Bonchev–Trinajstić information content (AvgIpc) is 2.93. The van der Waals surface area contributed by atoms with Crippen molar-refractivity contribution in [3.05, 3.63) is 23.8 Å². The second-order valence-corrected chi connectivity index (χ2v) is 6.74. The molecule has 0 aromatic heterocycles. The average molecular weight is 344 g/mol. The molecule has 1 aromatic carbocycles. The number of methoxy groups -OCH3 is 1. The van der Waals surface area contributed by atoms with E-state index in [1.165, 1.54) is 0 Å². The van der Waals surface area contributed by atoms with E-state index in [0.717, 1.165) is 40.7 Å². The minimum Gasteiger partial charge on any atom is -0.493 e. The molecule has 0 fully saturated rings. The van der Waals surface area contributed by atoms with Gasteiger partial charge in [0.25, 0.3) is 0 Å². The van der Waals surface area contributed by atoms with Crippen LogP contribution in [0.1, 0.15) is 32.3 Å². The van der Waals surface area contributed by atoms with Crippen LogP contribution in [0.25, 0.3) is 0 Å². The Bertz CT molecular complexity index is 538. The Morgan fingerprint density at radius 2 is 2.27 bits per heavy atom. The predicted molar refractivity (Wildman–Crippen MR) is 92.3 cm³/mol. The summed E-state index contributed by atoms with van der Waals surface area (Å²) in [5, 5.41) is 5.10. The Labute approximate surface area is 141 Å². The lowest BCUT2D eigenvalue weighted by Crippen LogP contribution is -2.26. The Hall–Kier alpha value is -1.07. The van der Waals surface area contributed by atoms with Crippen molar-refractivity contribution < 1.29 is 14.3 Å². The molecule has 0 bridgehead atoms. The van der Waals surface area contributed by atoms with Crippen molar-refractivity contribution in [1.29, 1.82) is 0 Å². The maximum absolute atomic E-state index is 5.91. The first kappa shape index (κ1) is 17.3. The minimum absolute atomic E-state index is 0.375. The molecule has 6 heteroatoms. The van der Waals surface area contributed by atoms with Crippen molar-refractivity contribution in [1.82, 2.24) is 0 Å². The summed E-state index contributed by atoms with van der Waals surface area (Å²) < 4.78 is 11.3. The van der Waals surface area contributed by atoms with Crippen molar-refractivity contribution in [3.63, 3.8) is 0 Å². The summed E-state index contributed by atoms with van der Waals surface area (Å²) >= 11 is 7.56. The number of hydrogen-bond acceptors (Lipinski definition) is 5. The molecule has 1 aliphatic rings. The second kappa shape index (κ2) is 7.97. The monoisotopic (exact) mass is 343 g/mol. The zero-order valence-corrected chi connectivity index (χ0v) is 14.8. The summed E-state index contributed by atoms with van der Waals surface area (Å²) in [5.41, 5.74) is 0.722. The van der Waals surface area contributed by atoms with Gasteiger partial charge < -0.3 is 14.3 Å². The summed E-state index contributed by atoms with van der Waals surface area (Å²) in [6.07, 6.45) is 1.70. The van der Waals surface area contributed by atoms with Crippen LogP contribution >= 0.6 is 23.4 Å². The highest BCUT2D eigenvalue weighted by Crippen LogP contribution is 2.36. The van der Waals surface area contributed by atoms with Crippen LogP contribution in [-0.4, -0.2) is 30.2 Å². The summed E-state index contributed by atoms with van der Waals surface area (Å²) in [7, 11) is 1.66. The summed E-state index contributed by atoms with van der Waals surface area (Å²) in [6.45, 7) is 4.73. The number of benzene rings is 1. The second-order valence-electron chi connectivity index (χ2n) is 5.42. The van der Waals surface area contributed by atoms with E-state index in [9.17, 15) is 0 Å². The molecule has 2 rings (SSSR count). The number of ether oxygens (including phenoxy) is 2. The van der Waals surface area contributed by atoms with Gasteiger partial charge in [0.1, 0.15) is 5.04 Å². The zero-order chi connectivity index (χ0) is 16.0. The molecule has 0 aliphatic carbocycles. The van der Waals surface area contributed by atoms with Crippen LogP contribution in [0.5, 0.6) is 11.5 Å². The Balaban J connectivity index is 2.03. The normalized spacial score (nSPS) is 20.5. The first-order chi connectivity index (χ1) is 10.6. The molecule has 1 aliphatic heterocycles. The molecule has 0 saturated carbocycles. The molecule has 0 N–H and O–H groups in total. The SMILES string of the molecule is CCCOc1c(CSC2=NOC(C)(CCl)C2)cccc1OC. The van der Waals surface area contributed by atoms with E-state index in [0.29, 0.717) is 12.5 Å². The number of rotatable bonds is 7. The van der Waals surface area contributed by atoms with E-state index in [-0.39, 0.29) is 5.60 Å². The van der Waals surface area contributed by atoms with Gasteiger partial charge in [0, 0.05) is 17.7 Å². The number of hydrogen-bond donors (Lipinski definition) is 0. The molecular weight excluding hydrogens is 322 g/mol. The smallest absolute Gasteiger partial charge is 0.165 e. The highest BCUT2D eigenvalue weighted by atomic mass is 35.5. The number of oxime groups is 1. The molecule has 1 aromatic rings. The Morgan fingerprint density at radius 1 is 1.45 bits per heavy atom. The van der Waals surface area contributed by atoms with Crippen LogP contribution in [0.15, 0.2) is 23.4 Å².